The van der Waals surface area contributed by atoms with Gasteiger partial charge in [0.25, 0.3) is 5.91 Å². The SMILES string of the molecule is CCCNc1ccc(C(=O)NCC(=O)NC2CN([C@H]3CC[C@@H](c4ccccc4)CC3)C2)cc1C(F)(F)F. The number of alkyl halides is 3. The van der Waals surface area contributed by atoms with Crippen molar-refractivity contribution in [3.8, 4) is 0 Å². The van der Waals surface area contributed by atoms with E-state index in [1.54, 1.807) is 0 Å². The maximum Gasteiger partial charge on any atom is 0.418 e. The monoisotopic (exact) mass is 516 g/mol. The van der Waals surface area contributed by atoms with Crippen LogP contribution >= 0.6 is 0 Å². The molecule has 0 spiro atoms. The largest absolute Gasteiger partial charge is 0.418 e. The number of likely N-dealkylation sites (tertiary alicyclic amines) is 1. The number of hydrogen-bond donors (Lipinski definition) is 3. The lowest BCUT2D eigenvalue weighted by Gasteiger charge is -2.46. The molecule has 2 amide bonds. The third-order valence-electron chi connectivity index (χ3n) is 7.32. The minimum Gasteiger partial charge on any atom is -0.385 e. The van der Waals surface area contributed by atoms with Gasteiger partial charge in [0.05, 0.1) is 18.2 Å². The molecule has 1 saturated heterocycles. The topological polar surface area (TPSA) is 73.5 Å². The summed E-state index contributed by atoms with van der Waals surface area (Å²) in [5, 5.41) is 8.08. The molecule has 37 heavy (non-hydrogen) atoms. The summed E-state index contributed by atoms with van der Waals surface area (Å²) in [6, 6.07) is 14.6. The molecule has 2 aromatic rings. The number of carbonyl (C=O) groups excluding carboxylic acids is 2. The predicted molar refractivity (Wildman–Crippen MR) is 138 cm³/mol. The summed E-state index contributed by atoms with van der Waals surface area (Å²) in [6.07, 6.45) is 0.690. The van der Waals surface area contributed by atoms with Crippen LogP contribution in [0.2, 0.25) is 0 Å². The van der Waals surface area contributed by atoms with Crippen LogP contribution < -0.4 is 16.0 Å². The number of nitrogens with one attached hydrogen (secondary N) is 3. The van der Waals surface area contributed by atoms with Crippen LogP contribution in [0.1, 0.15) is 66.4 Å². The summed E-state index contributed by atoms with van der Waals surface area (Å²) < 4.78 is 40.3. The number of rotatable bonds is 9. The van der Waals surface area contributed by atoms with Crippen molar-refractivity contribution in [1.82, 2.24) is 15.5 Å². The molecular formula is C28H35F3N4O2. The maximum atomic E-state index is 13.4. The zero-order valence-corrected chi connectivity index (χ0v) is 21.1. The molecule has 0 bridgehead atoms. The minimum atomic E-state index is -4.60. The van der Waals surface area contributed by atoms with Gasteiger partial charge in [-0.25, -0.2) is 0 Å². The summed E-state index contributed by atoms with van der Waals surface area (Å²) in [5.41, 5.74) is 0.315. The summed E-state index contributed by atoms with van der Waals surface area (Å²) in [4.78, 5) is 27.2. The molecule has 0 atom stereocenters. The number of benzene rings is 2. The van der Waals surface area contributed by atoms with E-state index in [-0.39, 0.29) is 29.7 Å². The Morgan fingerprint density at radius 2 is 1.70 bits per heavy atom. The molecule has 4 rings (SSSR count). The zero-order chi connectivity index (χ0) is 26.4. The van der Waals surface area contributed by atoms with Gasteiger partial charge >= 0.3 is 6.18 Å². The highest BCUT2D eigenvalue weighted by atomic mass is 19.4. The Kier molecular flexibility index (Phi) is 8.74. The molecule has 9 heteroatoms. The Hall–Kier alpha value is -3.07. The predicted octanol–water partition coefficient (Wildman–Crippen LogP) is 4.78. The van der Waals surface area contributed by atoms with E-state index < -0.39 is 17.6 Å². The van der Waals surface area contributed by atoms with Gasteiger partial charge in [0.2, 0.25) is 5.91 Å². The summed E-state index contributed by atoms with van der Waals surface area (Å²) in [6.45, 7) is 3.52. The second kappa shape index (κ2) is 12.0. The van der Waals surface area contributed by atoms with Gasteiger partial charge < -0.3 is 16.0 Å². The van der Waals surface area contributed by atoms with Gasteiger partial charge in [0.1, 0.15) is 0 Å². The van der Waals surface area contributed by atoms with E-state index in [1.807, 2.05) is 13.0 Å². The Balaban J connectivity index is 1.19. The molecule has 0 radical (unpaired) electrons. The summed E-state index contributed by atoms with van der Waals surface area (Å²) in [5.74, 6) is -0.440. The van der Waals surface area contributed by atoms with E-state index in [0.29, 0.717) is 24.9 Å². The average Bonchev–Trinajstić information content (AvgIpc) is 2.88. The van der Waals surface area contributed by atoms with Gasteiger partial charge in [-0.2, -0.15) is 13.2 Å². The highest BCUT2D eigenvalue weighted by Gasteiger charge is 2.36. The lowest BCUT2D eigenvalue weighted by Crippen LogP contribution is -2.63. The van der Waals surface area contributed by atoms with Gasteiger partial charge in [-0.15, -0.1) is 0 Å². The Morgan fingerprint density at radius 3 is 2.35 bits per heavy atom. The van der Waals surface area contributed by atoms with E-state index in [9.17, 15) is 22.8 Å². The van der Waals surface area contributed by atoms with Crippen LogP contribution in [0.5, 0.6) is 0 Å². The van der Waals surface area contributed by atoms with Crippen molar-refractivity contribution in [3.05, 3.63) is 65.2 Å². The number of carbonyl (C=O) groups is 2. The molecule has 6 nitrogen and oxygen atoms in total. The second-order valence-electron chi connectivity index (χ2n) is 10.0. The third-order valence-corrected chi connectivity index (χ3v) is 7.32. The first-order valence-corrected chi connectivity index (χ1v) is 13.1. The van der Waals surface area contributed by atoms with E-state index in [0.717, 1.165) is 32.0 Å². The first-order chi connectivity index (χ1) is 17.7. The van der Waals surface area contributed by atoms with Crippen LogP contribution in [0.3, 0.4) is 0 Å². The number of hydrogen-bond acceptors (Lipinski definition) is 4. The van der Waals surface area contributed by atoms with Crippen molar-refractivity contribution in [2.24, 2.45) is 0 Å². The van der Waals surface area contributed by atoms with Crippen molar-refractivity contribution in [1.29, 1.82) is 0 Å². The fraction of sp³-hybridized carbons (Fsp3) is 0.500. The van der Waals surface area contributed by atoms with Crippen molar-refractivity contribution < 1.29 is 22.8 Å². The maximum absolute atomic E-state index is 13.4. The molecule has 1 heterocycles. The highest BCUT2D eigenvalue weighted by Crippen LogP contribution is 2.36. The van der Waals surface area contributed by atoms with Crippen molar-refractivity contribution in [3.63, 3.8) is 0 Å². The van der Waals surface area contributed by atoms with Crippen molar-refractivity contribution >= 4 is 17.5 Å². The molecule has 2 aromatic carbocycles. The molecule has 200 valence electrons. The van der Waals surface area contributed by atoms with Gasteiger partial charge in [-0.05, 0) is 61.8 Å². The molecule has 2 fully saturated rings. The lowest BCUT2D eigenvalue weighted by molar-refractivity contribution is -0.137. The van der Waals surface area contributed by atoms with Gasteiger partial charge in [0, 0.05) is 36.9 Å². The molecule has 2 aliphatic rings. The van der Waals surface area contributed by atoms with Crippen LogP contribution in [0.25, 0.3) is 0 Å². The second-order valence-corrected chi connectivity index (χ2v) is 10.0. The highest BCUT2D eigenvalue weighted by molar-refractivity contribution is 5.97. The molecule has 1 aliphatic carbocycles. The lowest BCUT2D eigenvalue weighted by atomic mass is 9.80. The van der Waals surface area contributed by atoms with E-state index >= 15 is 0 Å². The van der Waals surface area contributed by atoms with Crippen LogP contribution in [0, 0.1) is 0 Å². The van der Waals surface area contributed by atoms with E-state index in [1.165, 1.54) is 30.5 Å². The van der Waals surface area contributed by atoms with Crippen LogP contribution in [-0.4, -0.2) is 55.0 Å². The Morgan fingerprint density at radius 1 is 1.00 bits per heavy atom. The van der Waals surface area contributed by atoms with E-state index in [4.69, 9.17) is 0 Å². The van der Waals surface area contributed by atoms with Crippen LogP contribution in [0.15, 0.2) is 48.5 Å². The molecule has 0 unspecified atom stereocenters. The first-order valence-electron chi connectivity index (χ1n) is 13.1. The summed E-state index contributed by atoms with van der Waals surface area (Å²) >= 11 is 0. The van der Waals surface area contributed by atoms with Crippen LogP contribution in [-0.2, 0) is 11.0 Å². The van der Waals surface area contributed by atoms with E-state index in [2.05, 4.69) is 45.1 Å². The fourth-order valence-corrected chi connectivity index (χ4v) is 5.28. The minimum absolute atomic E-state index is 0.0250. The van der Waals surface area contributed by atoms with Crippen molar-refractivity contribution in [2.45, 2.75) is 63.2 Å². The Bertz CT molecular complexity index is 1060. The first kappa shape index (κ1) is 27.0. The van der Waals surface area contributed by atoms with Gasteiger partial charge in [-0.3, -0.25) is 14.5 Å². The zero-order valence-electron chi connectivity index (χ0n) is 21.1. The van der Waals surface area contributed by atoms with Gasteiger partial charge in [0.15, 0.2) is 0 Å². The fourth-order valence-electron chi connectivity index (χ4n) is 5.28. The number of anilines is 1. The summed E-state index contributed by atoms with van der Waals surface area (Å²) in [7, 11) is 0. The van der Waals surface area contributed by atoms with Gasteiger partial charge in [-0.1, -0.05) is 37.3 Å². The molecule has 0 aromatic heterocycles. The quantitative estimate of drug-likeness (QED) is 0.449. The average molecular weight is 517 g/mol. The smallest absolute Gasteiger partial charge is 0.385 e. The molecular weight excluding hydrogens is 481 g/mol. The molecule has 3 N–H and O–H groups in total. The third kappa shape index (κ3) is 7.03. The Labute approximate surface area is 216 Å². The normalized spacial score (nSPS) is 20.6. The number of halogens is 3. The number of amides is 2. The number of nitrogens with zero attached hydrogens (tertiary/aromatic N) is 1. The standard InChI is InChI=1S/C28H35F3N4O2/c1-2-14-32-25-13-10-21(15-24(25)28(29,30)31)27(37)33-16-26(36)34-22-17-35(18-22)23-11-8-20(9-12-23)19-6-4-3-5-7-19/h3-7,10,13,15,20,22-23,32H,2,8-9,11-12,14,16-18H2,1H3,(H,33,37)(H,34,36)/t20-,23+. The van der Waals surface area contributed by atoms with Crippen molar-refractivity contribution in [2.75, 3.05) is 31.5 Å². The molecule has 1 saturated carbocycles. The molecule has 1 aliphatic heterocycles. The van der Waals surface area contributed by atoms with Crippen LogP contribution in [0.4, 0.5) is 18.9 Å².